The molecule has 0 atom stereocenters. The quantitative estimate of drug-likeness (QED) is 0.746. The molecule has 2 aromatic heterocycles. The maximum absolute atomic E-state index is 13.1. The molecule has 0 aliphatic heterocycles. The number of hydrogen-bond donors (Lipinski definition) is 1. The van der Waals surface area contributed by atoms with Crippen LogP contribution in [0.15, 0.2) is 52.0 Å². The Morgan fingerprint density at radius 2 is 2.14 bits per heavy atom. The first kappa shape index (κ1) is 13.6. The van der Waals surface area contributed by atoms with Crippen molar-refractivity contribution in [1.82, 2.24) is 15.1 Å². The van der Waals surface area contributed by atoms with E-state index < -0.39 is 0 Å². The summed E-state index contributed by atoms with van der Waals surface area (Å²) in [6, 6.07) is 9.38. The third kappa shape index (κ3) is 3.19. The summed E-state index contributed by atoms with van der Waals surface area (Å²) in [7, 11) is 0. The predicted molar refractivity (Wildman–Crippen MR) is 75.2 cm³/mol. The Hall–Kier alpha value is -2.41. The number of hydrogen-bond acceptors (Lipinski definition) is 6. The molecule has 0 saturated carbocycles. The van der Waals surface area contributed by atoms with Crippen molar-refractivity contribution in [3.8, 4) is 17.3 Å². The maximum atomic E-state index is 13.1. The van der Waals surface area contributed by atoms with Crippen LogP contribution in [-0.2, 0) is 5.75 Å². The number of benzene rings is 1. The van der Waals surface area contributed by atoms with Crippen LogP contribution in [0.1, 0.15) is 5.82 Å². The Morgan fingerprint density at radius 3 is 2.95 bits per heavy atom. The molecule has 1 aromatic carbocycles. The van der Waals surface area contributed by atoms with Crippen LogP contribution in [0.4, 0.5) is 4.39 Å². The third-order valence-corrected chi connectivity index (χ3v) is 3.61. The smallest absolute Gasteiger partial charge is 0.280 e. The van der Waals surface area contributed by atoms with Crippen LogP contribution in [0.25, 0.3) is 11.6 Å². The molecule has 3 rings (SSSR count). The van der Waals surface area contributed by atoms with Crippen LogP contribution in [0.2, 0.25) is 0 Å². The van der Waals surface area contributed by atoms with Crippen molar-refractivity contribution in [3.63, 3.8) is 0 Å². The Bertz CT molecular complexity index is 763. The zero-order valence-electron chi connectivity index (χ0n) is 10.7. The molecule has 106 valence electrons. The van der Waals surface area contributed by atoms with Crippen molar-refractivity contribution in [2.75, 3.05) is 0 Å². The topological polar surface area (TPSA) is 72.0 Å². The number of pyridine rings is 1. The van der Waals surface area contributed by atoms with Crippen molar-refractivity contribution in [2.24, 2.45) is 0 Å². The number of nitrogens with zero attached hydrogens (tertiary/aromatic N) is 3. The van der Waals surface area contributed by atoms with Gasteiger partial charge >= 0.3 is 0 Å². The van der Waals surface area contributed by atoms with Gasteiger partial charge in [0.15, 0.2) is 11.5 Å². The second-order valence-electron chi connectivity index (χ2n) is 4.13. The Morgan fingerprint density at radius 1 is 1.24 bits per heavy atom. The SMILES string of the molecule is Oc1cccnc1-c1nc(CSc2cccc(F)c2)no1. The standard InChI is InChI=1S/C14H10FN3O2S/c15-9-3-1-4-10(7-9)21-8-12-17-14(20-18-12)13-11(19)5-2-6-16-13/h1-7,19H,8H2. The lowest BCUT2D eigenvalue weighted by atomic mass is 10.3. The van der Waals surface area contributed by atoms with Crippen LogP contribution in [0.3, 0.4) is 0 Å². The molecule has 0 fully saturated rings. The van der Waals surface area contributed by atoms with Crippen molar-refractivity contribution in [1.29, 1.82) is 0 Å². The van der Waals surface area contributed by atoms with E-state index >= 15 is 0 Å². The van der Waals surface area contributed by atoms with Gasteiger partial charge in [0.25, 0.3) is 5.89 Å². The Kier molecular flexibility index (Phi) is 3.83. The zero-order valence-corrected chi connectivity index (χ0v) is 11.5. The van der Waals surface area contributed by atoms with Crippen molar-refractivity contribution in [2.45, 2.75) is 10.6 Å². The van der Waals surface area contributed by atoms with Gasteiger partial charge in [-0.25, -0.2) is 9.37 Å². The minimum Gasteiger partial charge on any atom is -0.505 e. The molecule has 0 spiro atoms. The molecule has 0 amide bonds. The average Bonchev–Trinajstić information content (AvgIpc) is 2.94. The molecule has 0 bridgehead atoms. The van der Waals surface area contributed by atoms with Crippen molar-refractivity contribution >= 4 is 11.8 Å². The number of thioether (sulfide) groups is 1. The molecule has 0 aliphatic carbocycles. The second-order valence-corrected chi connectivity index (χ2v) is 5.18. The summed E-state index contributed by atoms with van der Waals surface area (Å²) in [5.74, 6) is 0.727. The fourth-order valence-electron chi connectivity index (χ4n) is 1.68. The van der Waals surface area contributed by atoms with Gasteiger partial charge < -0.3 is 9.63 Å². The molecule has 21 heavy (non-hydrogen) atoms. The molecule has 5 nitrogen and oxygen atoms in total. The van der Waals surface area contributed by atoms with E-state index in [1.807, 2.05) is 0 Å². The summed E-state index contributed by atoms with van der Waals surface area (Å²) in [6.07, 6.45) is 1.53. The summed E-state index contributed by atoms with van der Waals surface area (Å²) in [5, 5.41) is 13.5. The van der Waals surface area contributed by atoms with Crippen molar-refractivity contribution < 1.29 is 14.0 Å². The molecule has 7 heteroatoms. The molecule has 0 unspecified atom stereocenters. The van der Waals surface area contributed by atoms with Gasteiger partial charge in [-0.2, -0.15) is 4.98 Å². The number of rotatable bonds is 4. The molecule has 1 N–H and O–H groups in total. The maximum Gasteiger partial charge on any atom is 0.280 e. The highest BCUT2D eigenvalue weighted by Crippen LogP contribution is 2.26. The van der Waals surface area contributed by atoms with Crippen LogP contribution in [0, 0.1) is 5.82 Å². The van der Waals surface area contributed by atoms with E-state index in [2.05, 4.69) is 15.1 Å². The van der Waals surface area contributed by atoms with E-state index in [0.29, 0.717) is 11.6 Å². The lowest BCUT2D eigenvalue weighted by Gasteiger charge is -1.98. The summed E-state index contributed by atoms with van der Waals surface area (Å²) in [4.78, 5) is 8.93. The molecule has 3 aromatic rings. The minimum atomic E-state index is -0.285. The number of aromatic nitrogens is 3. The molecular weight excluding hydrogens is 293 g/mol. The van der Waals surface area contributed by atoms with Gasteiger partial charge in [-0.05, 0) is 30.3 Å². The highest BCUT2D eigenvalue weighted by molar-refractivity contribution is 7.98. The summed E-state index contributed by atoms with van der Waals surface area (Å²) >= 11 is 1.39. The minimum absolute atomic E-state index is 0.0227. The summed E-state index contributed by atoms with van der Waals surface area (Å²) in [5.41, 5.74) is 0.243. The highest BCUT2D eigenvalue weighted by atomic mass is 32.2. The molecule has 2 heterocycles. The predicted octanol–water partition coefficient (Wildman–Crippen LogP) is 3.27. The highest BCUT2D eigenvalue weighted by Gasteiger charge is 2.14. The Balaban J connectivity index is 1.72. The van der Waals surface area contributed by atoms with E-state index in [9.17, 15) is 9.50 Å². The molecule has 0 saturated heterocycles. The first-order valence-electron chi connectivity index (χ1n) is 6.07. The summed E-state index contributed by atoms with van der Waals surface area (Å²) < 4.78 is 18.1. The van der Waals surface area contributed by atoms with Gasteiger partial charge in [-0.1, -0.05) is 11.2 Å². The second kappa shape index (κ2) is 5.92. The lowest BCUT2D eigenvalue weighted by Crippen LogP contribution is -1.86. The third-order valence-electron chi connectivity index (χ3n) is 2.62. The monoisotopic (exact) mass is 303 g/mol. The fraction of sp³-hybridized carbons (Fsp3) is 0.0714. The van der Waals surface area contributed by atoms with Crippen molar-refractivity contribution in [3.05, 3.63) is 54.2 Å². The largest absolute Gasteiger partial charge is 0.505 e. The van der Waals surface area contributed by atoms with E-state index in [4.69, 9.17) is 4.52 Å². The molecule has 0 aliphatic rings. The fourth-order valence-corrected chi connectivity index (χ4v) is 2.46. The molecular formula is C14H10FN3O2S. The van der Waals surface area contributed by atoms with Crippen LogP contribution < -0.4 is 0 Å². The summed E-state index contributed by atoms with van der Waals surface area (Å²) in [6.45, 7) is 0. The number of aromatic hydroxyl groups is 1. The number of halogens is 1. The van der Waals surface area contributed by atoms with Gasteiger partial charge in [-0.15, -0.1) is 11.8 Å². The van der Waals surface area contributed by atoms with Gasteiger partial charge in [0.1, 0.15) is 11.6 Å². The van der Waals surface area contributed by atoms with E-state index in [-0.39, 0.29) is 23.2 Å². The first-order valence-corrected chi connectivity index (χ1v) is 7.06. The van der Waals surface area contributed by atoms with Crippen LogP contribution in [0.5, 0.6) is 5.75 Å². The average molecular weight is 303 g/mol. The van der Waals surface area contributed by atoms with Gasteiger partial charge in [0, 0.05) is 11.1 Å². The van der Waals surface area contributed by atoms with Crippen LogP contribution in [-0.4, -0.2) is 20.2 Å². The normalized spacial score (nSPS) is 10.7. The van der Waals surface area contributed by atoms with E-state index in [0.717, 1.165) is 4.90 Å². The van der Waals surface area contributed by atoms with Gasteiger partial charge in [0.2, 0.25) is 0 Å². The van der Waals surface area contributed by atoms with E-state index in [1.54, 1.807) is 18.2 Å². The van der Waals surface area contributed by atoms with E-state index in [1.165, 1.54) is 36.2 Å². The first-order chi connectivity index (χ1) is 10.2. The Labute approximate surface area is 123 Å². The van der Waals surface area contributed by atoms with Gasteiger partial charge in [-0.3, -0.25) is 0 Å². The lowest BCUT2D eigenvalue weighted by molar-refractivity contribution is 0.417. The van der Waals surface area contributed by atoms with Crippen LogP contribution >= 0.6 is 11.8 Å². The van der Waals surface area contributed by atoms with Gasteiger partial charge in [0.05, 0.1) is 5.75 Å². The zero-order chi connectivity index (χ0) is 14.7. The molecule has 0 radical (unpaired) electrons.